The summed E-state index contributed by atoms with van der Waals surface area (Å²) in [4.78, 5) is 29.9. The summed E-state index contributed by atoms with van der Waals surface area (Å²) in [5.41, 5.74) is 6.81. The number of amides is 2. The fourth-order valence-electron chi connectivity index (χ4n) is 4.10. The number of nitrogens with two attached hydrogens (primary N) is 1. The van der Waals surface area contributed by atoms with E-state index in [1.165, 1.54) is 20.2 Å². The zero-order chi connectivity index (χ0) is 29.5. The molecule has 2 amide bonds. The standard InChI is InChI=1S/C27H26BCl2FN6O4/c1-36-10-2-11-37(13-12-36)27(39)16-3-5-17(6-4-16)33-26(38)20-15-22(25(32)35-34-20)41-21(9-14-40-28)23-18(29)7-8-19(31)24(23)30/h3-8,15,21H,2,10-13,28H2,1H3,(H2,32,35)(H,33,38)/t21-/m1/s1. The number of carbonyl (C=O) groups is 2. The molecule has 0 bridgehead atoms. The van der Waals surface area contributed by atoms with Crippen molar-refractivity contribution >= 4 is 54.6 Å². The number of benzene rings is 2. The van der Waals surface area contributed by atoms with Crippen LogP contribution in [0.15, 0.2) is 42.5 Å². The first-order chi connectivity index (χ1) is 19.7. The van der Waals surface area contributed by atoms with Crippen LogP contribution in [-0.2, 0) is 4.65 Å². The molecule has 2 heterocycles. The second-order valence-corrected chi connectivity index (χ2v) is 9.95. The number of nitrogen functional groups attached to an aromatic ring is 1. The van der Waals surface area contributed by atoms with E-state index in [1.807, 2.05) is 11.9 Å². The highest BCUT2D eigenvalue weighted by molar-refractivity contribution is 6.36. The van der Waals surface area contributed by atoms with Crippen LogP contribution in [0.2, 0.25) is 10.0 Å². The summed E-state index contributed by atoms with van der Waals surface area (Å²) in [6.07, 6.45) is 2.06. The van der Waals surface area contributed by atoms with Crippen molar-refractivity contribution in [2.45, 2.75) is 12.5 Å². The van der Waals surface area contributed by atoms with E-state index in [0.717, 1.165) is 25.6 Å². The lowest BCUT2D eigenvalue weighted by molar-refractivity contribution is 0.0762. The molecule has 0 aliphatic carbocycles. The molecule has 1 atom stereocenters. The number of aromatic nitrogens is 2. The maximum Gasteiger partial charge on any atom is 0.337 e. The molecule has 1 aliphatic heterocycles. The van der Waals surface area contributed by atoms with Crippen molar-refractivity contribution in [2.75, 3.05) is 44.3 Å². The normalized spacial score (nSPS) is 14.3. The predicted octanol–water partition coefficient (Wildman–Crippen LogP) is 3.18. The van der Waals surface area contributed by atoms with Gasteiger partial charge in [-0.15, -0.1) is 10.2 Å². The first-order valence-corrected chi connectivity index (χ1v) is 13.3. The van der Waals surface area contributed by atoms with Gasteiger partial charge in [-0.1, -0.05) is 23.2 Å². The van der Waals surface area contributed by atoms with Gasteiger partial charge < -0.3 is 30.2 Å². The van der Waals surface area contributed by atoms with E-state index in [9.17, 15) is 14.0 Å². The molecule has 1 aliphatic rings. The molecule has 3 aromatic rings. The van der Waals surface area contributed by atoms with Gasteiger partial charge in [0.05, 0.1) is 16.2 Å². The zero-order valence-corrected chi connectivity index (χ0v) is 23.8. The Kier molecular flexibility index (Phi) is 9.89. The molecule has 1 saturated heterocycles. The van der Waals surface area contributed by atoms with Crippen LogP contribution >= 0.6 is 23.2 Å². The zero-order valence-electron chi connectivity index (χ0n) is 22.3. The summed E-state index contributed by atoms with van der Waals surface area (Å²) in [6.45, 7) is 3.11. The summed E-state index contributed by atoms with van der Waals surface area (Å²) >= 11 is 12.4. The molecule has 41 heavy (non-hydrogen) atoms. The molecule has 1 aromatic heterocycles. The molecule has 1 fully saturated rings. The highest BCUT2D eigenvalue weighted by Gasteiger charge is 2.24. The maximum absolute atomic E-state index is 14.2. The minimum Gasteiger partial charge on any atom is -0.525 e. The third-order valence-corrected chi connectivity index (χ3v) is 7.01. The molecule has 0 spiro atoms. The van der Waals surface area contributed by atoms with Gasteiger partial charge in [-0.3, -0.25) is 9.59 Å². The van der Waals surface area contributed by atoms with Crippen molar-refractivity contribution in [1.82, 2.24) is 20.0 Å². The predicted molar refractivity (Wildman–Crippen MR) is 156 cm³/mol. The Bertz CT molecular complexity index is 1500. The van der Waals surface area contributed by atoms with E-state index < -0.39 is 17.8 Å². The average molecular weight is 599 g/mol. The van der Waals surface area contributed by atoms with Gasteiger partial charge in [-0.2, -0.15) is 0 Å². The molecule has 3 N–H and O–H groups in total. The van der Waals surface area contributed by atoms with Crippen LogP contribution in [0.1, 0.15) is 38.9 Å². The Labute approximate surface area is 247 Å². The van der Waals surface area contributed by atoms with Crippen LogP contribution in [0.5, 0.6) is 5.75 Å². The number of halogens is 3. The number of carbonyl (C=O) groups excluding carboxylic acids is 2. The highest BCUT2D eigenvalue weighted by Crippen LogP contribution is 2.36. The van der Waals surface area contributed by atoms with Gasteiger partial charge in [0.2, 0.25) is 0 Å². The summed E-state index contributed by atoms with van der Waals surface area (Å²) in [6, 6.07) is 10.2. The van der Waals surface area contributed by atoms with Gasteiger partial charge >= 0.3 is 8.05 Å². The van der Waals surface area contributed by atoms with Crippen molar-refractivity contribution in [3.05, 3.63) is 75.1 Å². The first-order valence-electron chi connectivity index (χ1n) is 12.5. The summed E-state index contributed by atoms with van der Waals surface area (Å²) < 4.78 is 24.8. The number of hydrogen-bond donors (Lipinski definition) is 2. The number of ether oxygens (including phenoxy) is 1. The minimum absolute atomic E-state index is 0.0435. The molecule has 0 unspecified atom stereocenters. The lowest BCUT2D eigenvalue weighted by Crippen LogP contribution is -2.34. The first kappa shape index (κ1) is 29.9. The highest BCUT2D eigenvalue weighted by atomic mass is 35.5. The van der Waals surface area contributed by atoms with Crippen LogP contribution < -0.4 is 15.8 Å². The van der Waals surface area contributed by atoms with Crippen LogP contribution in [-0.4, -0.2) is 73.1 Å². The smallest absolute Gasteiger partial charge is 0.337 e. The van der Waals surface area contributed by atoms with Gasteiger partial charge in [-0.25, -0.2) is 4.39 Å². The SMILES string of the molecule is BOC#C[C@@H](Oc1cc(C(=O)Nc2ccc(C(=O)N3CCCN(C)CC3)cc2)nnc1N)c1c(Cl)ccc(F)c1Cl. The average Bonchev–Trinajstić information content (AvgIpc) is 3.19. The lowest BCUT2D eigenvalue weighted by Gasteiger charge is -2.20. The van der Waals surface area contributed by atoms with E-state index in [4.69, 9.17) is 38.3 Å². The molecule has 0 saturated carbocycles. The Morgan fingerprint density at radius 3 is 2.61 bits per heavy atom. The van der Waals surface area contributed by atoms with Gasteiger partial charge in [0.25, 0.3) is 11.8 Å². The van der Waals surface area contributed by atoms with Crippen molar-refractivity contribution < 1.29 is 23.4 Å². The van der Waals surface area contributed by atoms with Crippen molar-refractivity contribution in [1.29, 1.82) is 0 Å². The van der Waals surface area contributed by atoms with Crippen molar-refractivity contribution in [3.63, 3.8) is 0 Å². The Balaban J connectivity index is 1.50. The van der Waals surface area contributed by atoms with E-state index in [2.05, 4.69) is 32.4 Å². The Morgan fingerprint density at radius 1 is 1.12 bits per heavy atom. The number of likely N-dealkylation sites (N-methyl/N-ethyl adjacent to an activating group) is 1. The molecular weight excluding hydrogens is 573 g/mol. The fourth-order valence-corrected chi connectivity index (χ4v) is 4.66. The molecule has 0 radical (unpaired) electrons. The number of nitrogens with zero attached hydrogens (tertiary/aromatic N) is 4. The second-order valence-electron chi connectivity index (χ2n) is 9.16. The summed E-state index contributed by atoms with van der Waals surface area (Å²) in [7, 11) is 3.37. The minimum atomic E-state index is -1.22. The molecular formula is C27H26BCl2FN6O4. The lowest BCUT2D eigenvalue weighted by atomic mass is 10.1. The summed E-state index contributed by atoms with van der Waals surface area (Å²) in [5.74, 6) is 1.01. The quantitative estimate of drug-likeness (QED) is 0.252. The molecule has 14 heteroatoms. The number of anilines is 2. The van der Waals surface area contributed by atoms with Gasteiger partial charge in [-0.05, 0) is 62.3 Å². The van der Waals surface area contributed by atoms with Crippen LogP contribution in [0.4, 0.5) is 15.9 Å². The van der Waals surface area contributed by atoms with E-state index >= 15 is 0 Å². The second kappa shape index (κ2) is 13.5. The Hall–Kier alpha value is -4.05. The topological polar surface area (TPSA) is 123 Å². The Morgan fingerprint density at radius 2 is 1.88 bits per heavy atom. The fraction of sp³-hybridized carbons (Fsp3) is 0.259. The van der Waals surface area contributed by atoms with E-state index in [-0.39, 0.29) is 38.8 Å². The van der Waals surface area contributed by atoms with E-state index in [1.54, 1.807) is 24.3 Å². The number of nitrogens with one attached hydrogen (secondary N) is 1. The van der Waals surface area contributed by atoms with Crippen LogP contribution in [0.25, 0.3) is 0 Å². The molecule has 10 nitrogen and oxygen atoms in total. The summed E-state index contributed by atoms with van der Waals surface area (Å²) in [5, 5.41) is 10.1. The molecule has 4 rings (SSSR count). The monoisotopic (exact) mass is 598 g/mol. The van der Waals surface area contributed by atoms with E-state index in [0.29, 0.717) is 24.3 Å². The number of hydrogen-bond acceptors (Lipinski definition) is 8. The molecule has 212 valence electrons. The van der Waals surface area contributed by atoms with Crippen LogP contribution in [0, 0.1) is 17.8 Å². The third kappa shape index (κ3) is 7.38. The van der Waals surface area contributed by atoms with Crippen molar-refractivity contribution in [2.24, 2.45) is 0 Å². The number of rotatable bonds is 6. The van der Waals surface area contributed by atoms with Crippen LogP contribution in [0.3, 0.4) is 0 Å². The maximum atomic E-state index is 14.2. The molecule has 2 aromatic carbocycles. The third-order valence-electron chi connectivity index (χ3n) is 6.29. The van der Waals surface area contributed by atoms with Gasteiger partial charge in [0, 0.05) is 42.5 Å². The van der Waals surface area contributed by atoms with Gasteiger partial charge in [0.1, 0.15) is 5.82 Å². The van der Waals surface area contributed by atoms with Crippen molar-refractivity contribution in [3.8, 4) is 17.8 Å². The van der Waals surface area contributed by atoms with Gasteiger partial charge in [0.15, 0.2) is 23.4 Å². The largest absolute Gasteiger partial charge is 0.525 e.